The highest BCUT2D eigenvalue weighted by Crippen LogP contribution is 2.30. The number of guanidine groups is 1. The number of nitrogens with zero attached hydrogens (tertiary/aromatic N) is 1. The van der Waals surface area contributed by atoms with Gasteiger partial charge in [-0.1, -0.05) is 0 Å². The van der Waals surface area contributed by atoms with Crippen molar-refractivity contribution >= 4 is 15.8 Å². The van der Waals surface area contributed by atoms with Gasteiger partial charge in [-0.25, -0.2) is 8.42 Å². The average Bonchev–Trinajstić information content (AvgIpc) is 2.52. The molecule has 0 saturated heterocycles. The Labute approximate surface area is 131 Å². The fraction of sp³-hybridized carbons (Fsp3) is 0.462. The van der Waals surface area contributed by atoms with E-state index in [4.69, 9.17) is 4.74 Å². The molecule has 2 rings (SSSR count). The predicted octanol–water partition coefficient (Wildman–Crippen LogP) is 1.30. The van der Waals surface area contributed by atoms with Gasteiger partial charge in [-0.3, -0.25) is 4.99 Å². The first-order valence-electron chi connectivity index (χ1n) is 6.87. The zero-order valence-corrected chi connectivity index (χ0v) is 12.9. The van der Waals surface area contributed by atoms with Crippen LogP contribution in [0.25, 0.3) is 0 Å². The SMILES string of the molecule is O=S(=O)(c1ccc(OCCNC2=NCCCN2)cc1)C(F)(F)F. The molecule has 1 aromatic carbocycles. The smallest absolute Gasteiger partial charge is 0.492 e. The Morgan fingerprint density at radius 2 is 1.96 bits per heavy atom. The van der Waals surface area contributed by atoms with E-state index in [0.29, 0.717) is 12.5 Å². The van der Waals surface area contributed by atoms with Crippen molar-refractivity contribution in [3.05, 3.63) is 24.3 Å². The van der Waals surface area contributed by atoms with Gasteiger partial charge in [0.25, 0.3) is 9.84 Å². The molecular weight excluding hydrogens is 335 g/mol. The van der Waals surface area contributed by atoms with Gasteiger partial charge in [-0.05, 0) is 30.7 Å². The first-order valence-corrected chi connectivity index (χ1v) is 8.35. The summed E-state index contributed by atoms with van der Waals surface area (Å²) in [5.74, 6) is 0.970. The van der Waals surface area contributed by atoms with Gasteiger partial charge in [-0.2, -0.15) is 13.2 Å². The van der Waals surface area contributed by atoms with Crippen molar-refractivity contribution in [2.45, 2.75) is 16.8 Å². The van der Waals surface area contributed by atoms with Gasteiger partial charge in [0.1, 0.15) is 12.4 Å². The zero-order chi connectivity index (χ0) is 16.9. The Hall–Kier alpha value is -1.97. The number of alkyl halides is 3. The van der Waals surface area contributed by atoms with E-state index in [9.17, 15) is 21.6 Å². The van der Waals surface area contributed by atoms with E-state index in [1.807, 2.05) is 0 Å². The monoisotopic (exact) mass is 351 g/mol. The minimum Gasteiger partial charge on any atom is -0.492 e. The number of halogens is 3. The Balaban J connectivity index is 1.85. The third kappa shape index (κ3) is 4.50. The van der Waals surface area contributed by atoms with Crippen LogP contribution in [0.4, 0.5) is 13.2 Å². The number of hydrogen-bond acceptors (Lipinski definition) is 6. The van der Waals surface area contributed by atoms with Gasteiger partial charge >= 0.3 is 5.51 Å². The van der Waals surface area contributed by atoms with E-state index < -0.39 is 20.2 Å². The summed E-state index contributed by atoms with van der Waals surface area (Å²) in [5, 5.41) is 6.08. The van der Waals surface area contributed by atoms with Gasteiger partial charge in [0.15, 0.2) is 5.96 Å². The van der Waals surface area contributed by atoms with Crippen molar-refractivity contribution in [1.29, 1.82) is 0 Å². The normalized spacial score (nSPS) is 15.5. The van der Waals surface area contributed by atoms with Crippen molar-refractivity contribution in [2.24, 2.45) is 4.99 Å². The molecule has 0 bridgehead atoms. The van der Waals surface area contributed by atoms with Gasteiger partial charge in [-0.15, -0.1) is 0 Å². The van der Waals surface area contributed by atoms with E-state index >= 15 is 0 Å². The molecule has 0 radical (unpaired) electrons. The van der Waals surface area contributed by atoms with Crippen LogP contribution in [0.2, 0.25) is 0 Å². The zero-order valence-electron chi connectivity index (χ0n) is 12.1. The topological polar surface area (TPSA) is 79.8 Å². The standard InChI is InChI=1S/C13H16F3N3O3S/c14-13(15,16)23(20,21)11-4-2-10(3-5-11)22-9-8-19-12-17-6-1-7-18-12/h2-5H,1,6-9H2,(H2,17,18,19). The van der Waals surface area contributed by atoms with Crippen molar-refractivity contribution in [3.8, 4) is 5.75 Å². The fourth-order valence-electron chi connectivity index (χ4n) is 1.84. The molecule has 0 amide bonds. The number of rotatable bonds is 5. The number of sulfone groups is 1. The first-order chi connectivity index (χ1) is 10.8. The van der Waals surface area contributed by atoms with Gasteiger partial charge < -0.3 is 15.4 Å². The molecule has 1 aliphatic rings. The maximum Gasteiger partial charge on any atom is 0.501 e. The molecule has 1 heterocycles. The molecule has 0 unspecified atom stereocenters. The molecule has 23 heavy (non-hydrogen) atoms. The summed E-state index contributed by atoms with van der Waals surface area (Å²) in [6, 6.07) is 4.13. The lowest BCUT2D eigenvalue weighted by Crippen LogP contribution is -2.42. The molecule has 1 aliphatic heterocycles. The van der Waals surface area contributed by atoms with Crippen LogP contribution < -0.4 is 15.4 Å². The summed E-state index contributed by atoms with van der Waals surface area (Å²) in [6.45, 7) is 2.31. The van der Waals surface area contributed by atoms with E-state index in [0.717, 1.165) is 31.6 Å². The van der Waals surface area contributed by atoms with Gasteiger partial charge in [0, 0.05) is 13.1 Å². The number of nitrogens with one attached hydrogen (secondary N) is 2. The molecule has 0 aliphatic carbocycles. The maximum absolute atomic E-state index is 12.4. The number of aliphatic imine (C=N–C) groups is 1. The molecular formula is C13H16F3N3O3S. The predicted molar refractivity (Wildman–Crippen MR) is 78.1 cm³/mol. The highest BCUT2D eigenvalue weighted by atomic mass is 32.2. The van der Waals surface area contributed by atoms with Crippen LogP contribution in [-0.4, -0.2) is 46.1 Å². The van der Waals surface area contributed by atoms with Crippen molar-refractivity contribution in [3.63, 3.8) is 0 Å². The lowest BCUT2D eigenvalue weighted by molar-refractivity contribution is -0.0436. The first kappa shape index (κ1) is 17.4. The lowest BCUT2D eigenvalue weighted by atomic mass is 10.3. The van der Waals surface area contributed by atoms with E-state index in [1.165, 1.54) is 12.1 Å². The minimum absolute atomic E-state index is 0.256. The van der Waals surface area contributed by atoms with Crippen molar-refractivity contribution in [1.82, 2.24) is 10.6 Å². The molecule has 2 N–H and O–H groups in total. The van der Waals surface area contributed by atoms with Crippen LogP contribution in [0.3, 0.4) is 0 Å². The van der Waals surface area contributed by atoms with E-state index in [2.05, 4.69) is 15.6 Å². The van der Waals surface area contributed by atoms with Crippen molar-refractivity contribution in [2.75, 3.05) is 26.2 Å². The summed E-state index contributed by atoms with van der Waals surface area (Å²) in [6.07, 6.45) is 0.981. The second-order valence-electron chi connectivity index (χ2n) is 4.71. The molecule has 0 aromatic heterocycles. The molecule has 1 aromatic rings. The molecule has 0 atom stereocenters. The third-order valence-electron chi connectivity index (χ3n) is 3.00. The van der Waals surface area contributed by atoms with Crippen LogP contribution in [0.15, 0.2) is 34.2 Å². The summed E-state index contributed by atoms with van der Waals surface area (Å²) in [5.41, 5.74) is -5.31. The Morgan fingerprint density at radius 1 is 1.26 bits per heavy atom. The second-order valence-corrected chi connectivity index (χ2v) is 6.65. The van der Waals surface area contributed by atoms with Gasteiger partial charge in [0.2, 0.25) is 0 Å². The molecule has 10 heteroatoms. The Morgan fingerprint density at radius 3 is 2.52 bits per heavy atom. The van der Waals surface area contributed by atoms with Crippen molar-refractivity contribution < 1.29 is 26.3 Å². The Kier molecular flexibility index (Phi) is 5.34. The molecule has 6 nitrogen and oxygen atoms in total. The maximum atomic E-state index is 12.4. The van der Waals surface area contributed by atoms with Crippen LogP contribution in [0.5, 0.6) is 5.75 Å². The minimum atomic E-state index is -5.32. The quantitative estimate of drug-likeness (QED) is 0.782. The van der Waals surface area contributed by atoms with Gasteiger partial charge in [0.05, 0.1) is 11.4 Å². The van der Waals surface area contributed by atoms with E-state index in [1.54, 1.807) is 0 Å². The number of ether oxygens (including phenoxy) is 1. The van der Waals surface area contributed by atoms with E-state index in [-0.39, 0.29) is 12.4 Å². The van der Waals surface area contributed by atoms with Crippen LogP contribution in [-0.2, 0) is 9.84 Å². The number of hydrogen-bond donors (Lipinski definition) is 2. The van der Waals surface area contributed by atoms with Crippen LogP contribution in [0.1, 0.15) is 6.42 Å². The molecule has 0 saturated carbocycles. The summed E-state index contributed by atoms with van der Waals surface area (Å²) < 4.78 is 64.9. The molecule has 0 fully saturated rings. The fourth-order valence-corrected chi connectivity index (χ4v) is 2.60. The summed E-state index contributed by atoms with van der Waals surface area (Å²) in [4.78, 5) is 3.39. The highest BCUT2D eigenvalue weighted by molar-refractivity contribution is 7.92. The summed E-state index contributed by atoms with van der Waals surface area (Å²) >= 11 is 0. The average molecular weight is 351 g/mol. The lowest BCUT2D eigenvalue weighted by Gasteiger charge is -2.16. The largest absolute Gasteiger partial charge is 0.501 e. The van der Waals surface area contributed by atoms with Crippen LogP contribution in [0, 0.1) is 0 Å². The molecule has 0 spiro atoms. The Bertz CT molecular complexity index is 657. The third-order valence-corrected chi connectivity index (χ3v) is 4.50. The summed E-state index contributed by atoms with van der Waals surface area (Å²) in [7, 11) is -5.32. The number of benzene rings is 1. The molecule has 128 valence electrons. The second kappa shape index (κ2) is 7.07. The highest BCUT2D eigenvalue weighted by Gasteiger charge is 2.46. The van der Waals surface area contributed by atoms with Crippen LogP contribution >= 0.6 is 0 Å².